The number of anilines is 1. The lowest BCUT2D eigenvalue weighted by Crippen LogP contribution is -2.20. The molecule has 0 bridgehead atoms. The minimum absolute atomic E-state index is 0.0671. The fraction of sp³-hybridized carbons (Fsp3) is 0.150. The van der Waals surface area contributed by atoms with E-state index in [1.165, 1.54) is 22.5 Å². The lowest BCUT2D eigenvalue weighted by molar-refractivity contribution is 0.551. The molecule has 1 aliphatic heterocycles. The van der Waals surface area contributed by atoms with Gasteiger partial charge in [0.05, 0.1) is 6.04 Å². The Morgan fingerprint density at radius 1 is 1.15 bits per heavy atom. The van der Waals surface area contributed by atoms with Gasteiger partial charge in [-0.15, -0.1) is 16.4 Å². The van der Waals surface area contributed by atoms with Crippen LogP contribution in [0.4, 0.5) is 5.82 Å². The molecule has 5 rings (SSSR count). The average Bonchev–Trinajstić information content (AvgIpc) is 3.38. The first-order valence-electron chi connectivity index (χ1n) is 8.75. The Kier molecular flexibility index (Phi) is 3.95. The Bertz CT molecular complexity index is 1110. The summed E-state index contributed by atoms with van der Waals surface area (Å²) in [5.41, 5.74) is 10.6. The number of rotatable bonds is 3. The lowest BCUT2D eigenvalue weighted by Gasteiger charge is -2.23. The van der Waals surface area contributed by atoms with Crippen molar-refractivity contribution in [3.63, 3.8) is 0 Å². The van der Waals surface area contributed by atoms with Crippen LogP contribution >= 0.6 is 11.3 Å². The molecule has 2 N–H and O–H groups in total. The Hall–Kier alpha value is -3.03. The molecule has 0 fully saturated rings. The predicted molar refractivity (Wildman–Crippen MR) is 107 cm³/mol. The lowest BCUT2D eigenvalue weighted by atomic mass is 9.92. The maximum atomic E-state index is 6.26. The number of aromatic nitrogens is 4. The largest absolute Gasteiger partial charge is 0.384 e. The summed E-state index contributed by atoms with van der Waals surface area (Å²) in [6, 6.07) is 14.5. The highest BCUT2D eigenvalue weighted by molar-refractivity contribution is 7.13. The Morgan fingerprint density at radius 2 is 2.04 bits per heavy atom. The number of nitrogens with zero attached hydrogens (tertiary/aromatic N) is 5. The van der Waals surface area contributed by atoms with Gasteiger partial charge in [0.15, 0.2) is 10.7 Å². The van der Waals surface area contributed by atoms with Crippen LogP contribution in [0.25, 0.3) is 22.1 Å². The first kappa shape index (κ1) is 16.2. The van der Waals surface area contributed by atoms with E-state index < -0.39 is 0 Å². The van der Waals surface area contributed by atoms with Gasteiger partial charge in [-0.1, -0.05) is 36.4 Å². The quantitative estimate of drug-likeness (QED) is 0.595. The zero-order valence-electron chi connectivity index (χ0n) is 14.5. The Morgan fingerprint density at radius 3 is 2.85 bits per heavy atom. The molecule has 0 spiro atoms. The Balaban J connectivity index is 1.49. The molecule has 1 atom stereocenters. The average molecular weight is 373 g/mol. The number of nitrogen functional groups attached to an aromatic ring is 1. The van der Waals surface area contributed by atoms with E-state index in [1.54, 1.807) is 10.7 Å². The van der Waals surface area contributed by atoms with Crippen molar-refractivity contribution in [2.45, 2.75) is 12.5 Å². The summed E-state index contributed by atoms with van der Waals surface area (Å²) in [4.78, 5) is 8.89. The third kappa shape index (κ3) is 3.01. The number of hydrogen-bond donors (Lipinski definition) is 1. The van der Waals surface area contributed by atoms with Crippen molar-refractivity contribution in [3.8, 4) is 10.8 Å². The second-order valence-electron chi connectivity index (χ2n) is 6.44. The van der Waals surface area contributed by atoms with Crippen molar-refractivity contribution in [2.75, 3.05) is 12.3 Å². The van der Waals surface area contributed by atoms with E-state index in [4.69, 9.17) is 11.1 Å². The van der Waals surface area contributed by atoms with Crippen LogP contribution in [-0.4, -0.2) is 26.1 Å². The molecule has 0 aliphatic carbocycles. The fourth-order valence-electron chi connectivity index (χ4n) is 3.40. The standard InChI is InChI=1S/C20H17N6S/c21-17-11-15(12-18-24-19(25-26(17)18)20-23-8-9-27-20)16-10-14(6-7-22-16)13-4-2-1-3-5-13/h1-6,8-9,11-12,16H,7,10,21H2. The van der Waals surface area contributed by atoms with Gasteiger partial charge in [0.25, 0.3) is 0 Å². The first-order valence-corrected chi connectivity index (χ1v) is 9.63. The van der Waals surface area contributed by atoms with Gasteiger partial charge in [-0.25, -0.2) is 15.3 Å². The van der Waals surface area contributed by atoms with Crippen LogP contribution in [-0.2, 0) is 0 Å². The number of hydrogen-bond acceptors (Lipinski definition) is 5. The summed E-state index contributed by atoms with van der Waals surface area (Å²) in [5.74, 6) is 1.16. The van der Waals surface area contributed by atoms with E-state index in [0.717, 1.165) is 22.6 Å². The molecule has 4 heterocycles. The third-order valence-corrected chi connectivity index (χ3v) is 5.49. The van der Waals surface area contributed by atoms with Gasteiger partial charge in [0.2, 0.25) is 5.82 Å². The molecule has 1 aliphatic rings. The highest BCUT2D eigenvalue weighted by Gasteiger charge is 2.21. The van der Waals surface area contributed by atoms with Crippen molar-refractivity contribution < 1.29 is 0 Å². The van der Waals surface area contributed by atoms with E-state index in [0.29, 0.717) is 18.2 Å². The minimum Gasteiger partial charge on any atom is -0.384 e. The van der Waals surface area contributed by atoms with Crippen LogP contribution in [0.2, 0.25) is 0 Å². The topological polar surface area (TPSA) is 83.2 Å². The first-order chi connectivity index (χ1) is 13.3. The normalized spacial score (nSPS) is 17.2. The Labute approximate surface area is 160 Å². The van der Waals surface area contributed by atoms with Gasteiger partial charge in [-0.3, -0.25) is 0 Å². The van der Waals surface area contributed by atoms with Crippen LogP contribution in [0.3, 0.4) is 0 Å². The van der Waals surface area contributed by atoms with Gasteiger partial charge in [-0.05, 0) is 35.3 Å². The number of benzene rings is 1. The van der Waals surface area contributed by atoms with E-state index in [2.05, 4.69) is 45.4 Å². The van der Waals surface area contributed by atoms with Gasteiger partial charge in [0, 0.05) is 18.1 Å². The summed E-state index contributed by atoms with van der Waals surface area (Å²) >= 11 is 1.51. The second-order valence-corrected chi connectivity index (χ2v) is 7.33. The molecular weight excluding hydrogens is 356 g/mol. The maximum Gasteiger partial charge on any atom is 0.211 e. The molecule has 3 aromatic heterocycles. The molecule has 27 heavy (non-hydrogen) atoms. The summed E-state index contributed by atoms with van der Waals surface area (Å²) in [5, 5.41) is 12.0. The van der Waals surface area contributed by atoms with E-state index >= 15 is 0 Å². The maximum absolute atomic E-state index is 6.26. The molecule has 133 valence electrons. The molecule has 0 saturated carbocycles. The summed E-state index contributed by atoms with van der Waals surface area (Å²) < 4.78 is 1.66. The summed E-state index contributed by atoms with van der Waals surface area (Å²) in [7, 11) is 0. The molecule has 1 unspecified atom stereocenters. The fourth-order valence-corrected chi connectivity index (χ4v) is 3.97. The van der Waals surface area contributed by atoms with Gasteiger partial charge < -0.3 is 5.73 Å². The number of fused-ring (bicyclic) bond motifs is 1. The number of thiazole rings is 1. The number of nitrogens with two attached hydrogens (primary N) is 1. The van der Waals surface area contributed by atoms with Crippen LogP contribution in [0.1, 0.15) is 23.6 Å². The van der Waals surface area contributed by atoms with E-state index in [9.17, 15) is 0 Å². The van der Waals surface area contributed by atoms with Crippen LogP contribution in [0, 0.1) is 0 Å². The zero-order valence-corrected chi connectivity index (χ0v) is 15.3. The second kappa shape index (κ2) is 6.61. The minimum atomic E-state index is 0.0671. The van der Waals surface area contributed by atoms with Crippen molar-refractivity contribution in [1.82, 2.24) is 24.9 Å². The SMILES string of the molecule is Nc1cc(C2CC(c3ccccc3)=CC[N]2)cc2nc(-c3nccs3)nn12. The smallest absolute Gasteiger partial charge is 0.211 e. The van der Waals surface area contributed by atoms with Crippen LogP contribution in [0.5, 0.6) is 0 Å². The van der Waals surface area contributed by atoms with E-state index in [1.807, 2.05) is 23.6 Å². The van der Waals surface area contributed by atoms with Gasteiger partial charge >= 0.3 is 0 Å². The molecule has 0 saturated heterocycles. The molecule has 7 heteroatoms. The van der Waals surface area contributed by atoms with Crippen LogP contribution in [0.15, 0.2) is 60.1 Å². The molecule has 1 radical (unpaired) electrons. The zero-order chi connectivity index (χ0) is 18.2. The van der Waals surface area contributed by atoms with Crippen molar-refractivity contribution in [1.29, 1.82) is 0 Å². The van der Waals surface area contributed by atoms with Crippen LogP contribution < -0.4 is 11.1 Å². The molecule has 0 amide bonds. The van der Waals surface area contributed by atoms with Crippen molar-refractivity contribution >= 4 is 28.4 Å². The number of pyridine rings is 1. The molecule has 1 aromatic carbocycles. The van der Waals surface area contributed by atoms with Gasteiger partial charge in [-0.2, -0.15) is 4.52 Å². The van der Waals surface area contributed by atoms with Crippen molar-refractivity contribution in [2.24, 2.45) is 0 Å². The van der Waals surface area contributed by atoms with Crippen molar-refractivity contribution in [3.05, 3.63) is 71.2 Å². The third-order valence-electron chi connectivity index (χ3n) is 4.72. The molecule has 6 nitrogen and oxygen atoms in total. The molecular formula is C20H17N6S. The summed E-state index contributed by atoms with van der Waals surface area (Å²) in [6.07, 6.45) is 4.80. The van der Waals surface area contributed by atoms with E-state index in [-0.39, 0.29) is 6.04 Å². The predicted octanol–water partition coefficient (Wildman–Crippen LogP) is 3.57. The summed E-state index contributed by atoms with van der Waals surface area (Å²) in [6.45, 7) is 0.705. The molecule has 4 aromatic rings. The van der Waals surface area contributed by atoms with Gasteiger partial charge in [0.1, 0.15) is 5.82 Å². The highest BCUT2D eigenvalue weighted by atomic mass is 32.1. The highest BCUT2D eigenvalue weighted by Crippen LogP contribution is 2.32. The monoisotopic (exact) mass is 373 g/mol.